The molecule has 5 rings (SSSR count). The van der Waals surface area contributed by atoms with Crippen LogP contribution in [0.4, 0.5) is 0 Å². The molecule has 0 aliphatic heterocycles. The van der Waals surface area contributed by atoms with Crippen molar-refractivity contribution in [1.29, 1.82) is 0 Å². The summed E-state index contributed by atoms with van der Waals surface area (Å²) in [5.74, 6) is 5.20. The minimum atomic E-state index is 0.0567. The van der Waals surface area contributed by atoms with Crippen LogP contribution in [-0.2, 0) is 0 Å². The third kappa shape index (κ3) is 1.60. The standard InChI is InChI=1S/C15H21N3/c16-14(15-17-2-1-3-18-15)13-11-5-9-4-10(7-11)8-12(13)6-9/h1-3,9-14H,4-8,16H2. The summed E-state index contributed by atoms with van der Waals surface area (Å²) in [7, 11) is 0. The molecule has 2 N–H and O–H groups in total. The van der Waals surface area contributed by atoms with Gasteiger partial charge in [-0.25, -0.2) is 9.97 Å². The van der Waals surface area contributed by atoms with Crippen molar-refractivity contribution in [2.24, 2.45) is 35.3 Å². The van der Waals surface area contributed by atoms with Gasteiger partial charge in [-0.15, -0.1) is 0 Å². The molecule has 0 aromatic carbocycles. The Labute approximate surface area is 108 Å². The Morgan fingerprint density at radius 2 is 1.50 bits per heavy atom. The minimum Gasteiger partial charge on any atom is -0.321 e. The molecule has 0 spiro atoms. The van der Waals surface area contributed by atoms with Gasteiger partial charge in [0.25, 0.3) is 0 Å². The molecule has 1 aromatic heterocycles. The number of nitrogens with two attached hydrogens (primary N) is 1. The summed E-state index contributed by atoms with van der Waals surface area (Å²) < 4.78 is 0. The summed E-state index contributed by atoms with van der Waals surface area (Å²) in [5, 5.41) is 0. The van der Waals surface area contributed by atoms with Gasteiger partial charge in [-0.1, -0.05) is 0 Å². The Kier molecular flexibility index (Phi) is 2.44. The molecular weight excluding hydrogens is 222 g/mol. The average molecular weight is 243 g/mol. The van der Waals surface area contributed by atoms with E-state index in [0.717, 1.165) is 29.5 Å². The Hall–Kier alpha value is -0.960. The van der Waals surface area contributed by atoms with E-state index in [9.17, 15) is 0 Å². The highest BCUT2D eigenvalue weighted by Gasteiger charge is 2.50. The van der Waals surface area contributed by atoms with Crippen molar-refractivity contribution in [1.82, 2.24) is 9.97 Å². The predicted molar refractivity (Wildman–Crippen MR) is 69.5 cm³/mol. The van der Waals surface area contributed by atoms with Gasteiger partial charge in [-0.3, -0.25) is 0 Å². The predicted octanol–water partition coefficient (Wildman–Crippen LogP) is 2.55. The van der Waals surface area contributed by atoms with Crippen LogP contribution in [0.1, 0.15) is 44.0 Å². The van der Waals surface area contributed by atoms with E-state index >= 15 is 0 Å². The molecule has 4 bridgehead atoms. The van der Waals surface area contributed by atoms with Gasteiger partial charge in [0.05, 0.1) is 6.04 Å². The zero-order valence-electron chi connectivity index (χ0n) is 10.7. The number of hydrogen-bond acceptors (Lipinski definition) is 3. The van der Waals surface area contributed by atoms with Gasteiger partial charge in [-0.05, 0) is 67.8 Å². The summed E-state index contributed by atoms with van der Waals surface area (Å²) in [5.41, 5.74) is 6.50. The van der Waals surface area contributed by atoms with Gasteiger partial charge in [0, 0.05) is 12.4 Å². The Morgan fingerprint density at radius 3 is 2.06 bits per heavy atom. The van der Waals surface area contributed by atoms with Crippen molar-refractivity contribution in [2.45, 2.75) is 38.1 Å². The first kappa shape index (κ1) is 10.9. The second kappa shape index (κ2) is 4.02. The first-order valence-electron chi connectivity index (χ1n) is 7.33. The van der Waals surface area contributed by atoms with Crippen molar-refractivity contribution >= 4 is 0 Å². The molecule has 1 atom stereocenters. The Morgan fingerprint density at radius 1 is 0.944 bits per heavy atom. The molecule has 18 heavy (non-hydrogen) atoms. The molecule has 4 aliphatic rings. The van der Waals surface area contributed by atoms with Crippen LogP contribution in [0.15, 0.2) is 18.5 Å². The van der Waals surface area contributed by atoms with Crippen molar-refractivity contribution in [3.8, 4) is 0 Å². The second-order valence-electron chi connectivity index (χ2n) is 6.64. The van der Waals surface area contributed by atoms with E-state index < -0.39 is 0 Å². The Bertz CT molecular complexity index is 403. The lowest BCUT2D eigenvalue weighted by atomic mass is 9.50. The zero-order chi connectivity index (χ0) is 12.1. The molecule has 4 aliphatic carbocycles. The van der Waals surface area contributed by atoms with Gasteiger partial charge < -0.3 is 5.73 Å². The SMILES string of the molecule is NC(c1ncccn1)C1C2CC3CC(C2)CC1C3. The molecule has 96 valence electrons. The van der Waals surface area contributed by atoms with Crippen molar-refractivity contribution in [2.75, 3.05) is 0 Å². The molecule has 1 unspecified atom stereocenters. The molecular formula is C15H21N3. The van der Waals surface area contributed by atoms with E-state index in [0.29, 0.717) is 5.92 Å². The van der Waals surface area contributed by atoms with E-state index in [1.54, 1.807) is 0 Å². The van der Waals surface area contributed by atoms with Gasteiger partial charge in [0.15, 0.2) is 0 Å². The first-order valence-corrected chi connectivity index (χ1v) is 7.33. The van der Waals surface area contributed by atoms with E-state index in [2.05, 4.69) is 9.97 Å². The fourth-order valence-corrected chi connectivity index (χ4v) is 5.21. The summed E-state index contributed by atoms with van der Waals surface area (Å²) in [4.78, 5) is 8.75. The third-order valence-electron chi connectivity index (χ3n) is 5.60. The summed E-state index contributed by atoms with van der Waals surface area (Å²) >= 11 is 0. The highest BCUT2D eigenvalue weighted by atomic mass is 14.9. The van der Waals surface area contributed by atoms with Crippen LogP contribution in [0.3, 0.4) is 0 Å². The smallest absolute Gasteiger partial charge is 0.145 e. The van der Waals surface area contributed by atoms with Crippen LogP contribution in [0.2, 0.25) is 0 Å². The molecule has 4 saturated carbocycles. The van der Waals surface area contributed by atoms with Gasteiger partial charge >= 0.3 is 0 Å². The molecule has 0 amide bonds. The lowest BCUT2D eigenvalue weighted by Crippen LogP contribution is -2.49. The maximum atomic E-state index is 6.50. The largest absolute Gasteiger partial charge is 0.321 e. The number of aromatic nitrogens is 2. The van der Waals surface area contributed by atoms with Crippen LogP contribution < -0.4 is 5.73 Å². The Balaban J connectivity index is 1.61. The summed E-state index contributed by atoms with van der Waals surface area (Å²) in [6.07, 6.45) is 10.8. The van der Waals surface area contributed by atoms with Crippen LogP contribution in [-0.4, -0.2) is 9.97 Å². The van der Waals surface area contributed by atoms with Gasteiger partial charge in [0.2, 0.25) is 0 Å². The average Bonchev–Trinajstić information content (AvgIpc) is 2.38. The van der Waals surface area contributed by atoms with E-state index in [1.807, 2.05) is 18.5 Å². The first-order chi connectivity index (χ1) is 8.81. The van der Waals surface area contributed by atoms with Crippen molar-refractivity contribution in [3.05, 3.63) is 24.3 Å². The molecule has 0 saturated heterocycles. The monoisotopic (exact) mass is 243 g/mol. The lowest BCUT2D eigenvalue weighted by Gasteiger charge is -2.55. The quantitative estimate of drug-likeness (QED) is 0.868. The molecule has 0 radical (unpaired) electrons. The summed E-state index contributed by atoms with van der Waals surface area (Å²) in [6.45, 7) is 0. The van der Waals surface area contributed by atoms with E-state index in [4.69, 9.17) is 5.73 Å². The molecule has 4 fully saturated rings. The fourth-order valence-electron chi connectivity index (χ4n) is 5.21. The number of nitrogens with zero attached hydrogens (tertiary/aromatic N) is 2. The van der Waals surface area contributed by atoms with Crippen LogP contribution in [0.5, 0.6) is 0 Å². The molecule has 3 heteroatoms. The second-order valence-corrected chi connectivity index (χ2v) is 6.64. The van der Waals surface area contributed by atoms with Crippen LogP contribution in [0.25, 0.3) is 0 Å². The van der Waals surface area contributed by atoms with E-state index in [-0.39, 0.29) is 6.04 Å². The highest BCUT2D eigenvalue weighted by molar-refractivity contribution is 5.06. The molecule has 1 heterocycles. The molecule has 3 nitrogen and oxygen atoms in total. The lowest BCUT2D eigenvalue weighted by molar-refractivity contribution is -0.0482. The highest BCUT2D eigenvalue weighted by Crippen LogP contribution is 2.58. The minimum absolute atomic E-state index is 0.0567. The van der Waals surface area contributed by atoms with Crippen LogP contribution in [0, 0.1) is 29.6 Å². The van der Waals surface area contributed by atoms with Gasteiger partial charge in [0.1, 0.15) is 5.82 Å². The topological polar surface area (TPSA) is 51.8 Å². The van der Waals surface area contributed by atoms with E-state index in [1.165, 1.54) is 32.1 Å². The number of rotatable bonds is 2. The number of hydrogen-bond donors (Lipinski definition) is 1. The molecule has 1 aromatic rings. The third-order valence-corrected chi connectivity index (χ3v) is 5.60. The van der Waals surface area contributed by atoms with Crippen LogP contribution >= 0.6 is 0 Å². The normalized spacial score (nSPS) is 43.1. The van der Waals surface area contributed by atoms with Crippen molar-refractivity contribution < 1.29 is 0 Å². The maximum absolute atomic E-state index is 6.50. The van der Waals surface area contributed by atoms with Gasteiger partial charge in [-0.2, -0.15) is 0 Å². The fraction of sp³-hybridized carbons (Fsp3) is 0.733. The zero-order valence-corrected chi connectivity index (χ0v) is 10.7. The summed E-state index contributed by atoms with van der Waals surface area (Å²) in [6, 6.07) is 1.92. The van der Waals surface area contributed by atoms with Crippen molar-refractivity contribution in [3.63, 3.8) is 0 Å². The maximum Gasteiger partial charge on any atom is 0.145 e.